The van der Waals surface area contributed by atoms with Gasteiger partial charge < -0.3 is 20.6 Å². The van der Waals surface area contributed by atoms with E-state index < -0.39 is 6.03 Å². The number of halogens is 1. The first-order valence-electron chi connectivity index (χ1n) is 8.80. The molecule has 0 radical (unpaired) electrons. The summed E-state index contributed by atoms with van der Waals surface area (Å²) in [4.78, 5) is 12.2. The van der Waals surface area contributed by atoms with Crippen LogP contribution in [0.3, 0.4) is 0 Å². The Balaban J connectivity index is 1.84. The van der Waals surface area contributed by atoms with Gasteiger partial charge in [0, 0.05) is 15.7 Å². The lowest BCUT2D eigenvalue weighted by atomic mass is 10.1. The van der Waals surface area contributed by atoms with E-state index in [0.717, 1.165) is 10.0 Å². The maximum absolute atomic E-state index is 12.2. The molecule has 3 aromatic carbocycles. The molecule has 0 aromatic heterocycles. The zero-order valence-corrected chi connectivity index (χ0v) is 17.2. The molecule has 2 amide bonds. The molecule has 8 heteroatoms. The van der Waals surface area contributed by atoms with Crippen LogP contribution < -0.4 is 10.7 Å². The van der Waals surface area contributed by atoms with Gasteiger partial charge in [0.25, 0.3) is 0 Å². The summed E-state index contributed by atoms with van der Waals surface area (Å²) in [6, 6.07) is 16.9. The molecule has 0 aliphatic carbocycles. The summed E-state index contributed by atoms with van der Waals surface area (Å²) in [5, 5.41) is 36.1. The average molecular weight is 468 g/mol. The highest BCUT2D eigenvalue weighted by atomic mass is 79.9. The molecule has 0 unspecified atom stereocenters. The third-order valence-corrected chi connectivity index (χ3v) is 4.49. The Kier molecular flexibility index (Phi) is 6.71. The molecule has 0 spiro atoms. The highest BCUT2D eigenvalue weighted by Crippen LogP contribution is 2.24. The minimum absolute atomic E-state index is 0.0622. The topological polar surface area (TPSA) is 114 Å². The second-order valence-corrected chi connectivity index (χ2v) is 7.11. The lowest BCUT2D eigenvalue weighted by molar-refractivity contribution is 0.252. The summed E-state index contributed by atoms with van der Waals surface area (Å²) in [5.74, 6) is -0.0391. The number of phenols is 3. The number of benzene rings is 3. The molecule has 0 aliphatic rings. The van der Waals surface area contributed by atoms with Crippen molar-refractivity contribution in [3.63, 3.8) is 0 Å². The molecule has 5 N–H and O–H groups in total. The summed E-state index contributed by atoms with van der Waals surface area (Å²) in [6.07, 6.45) is 3.26. The molecule has 0 saturated heterocycles. The van der Waals surface area contributed by atoms with Gasteiger partial charge in [0.1, 0.15) is 17.2 Å². The Morgan fingerprint density at radius 1 is 0.900 bits per heavy atom. The van der Waals surface area contributed by atoms with Crippen molar-refractivity contribution in [3.8, 4) is 17.2 Å². The second-order valence-electron chi connectivity index (χ2n) is 6.20. The third kappa shape index (κ3) is 5.86. The van der Waals surface area contributed by atoms with Gasteiger partial charge in [-0.2, -0.15) is 5.10 Å². The van der Waals surface area contributed by atoms with Gasteiger partial charge in [-0.15, -0.1) is 0 Å². The fourth-order valence-corrected chi connectivity index (χ4v) is 2.74. The Bertz CT molecular complexity index is 1090. The van der Waals surface area contributed by atoms with E-state index in [1.165, 1.54) is 30.3 Å². The lowest BCUT2D eigenvalue weighted by Gasteiger charge is -2.08. The van der Waals surface area contributed by atoms with Crippen LogP contribution in [0, 0.1) is 0 Å². The maximum atomic E-state index is 12.2. The Labute approximate surface area is 181 Å². The van der Waals surface area contributed by atoms with E-state index in [4.69, 9.17) is 0 Å². The molecule has 7 nitrogen and oxygen atoms in total. The number of nitrogens with one attached hydrogen (secondary N) is 2. The van der Waals surface area contributed by atoms with Gasteiger partial charge in [-0.05, 0) is 66.2 Å². The highest BCUT2D eigenvalue weighted by molar-refractivity contribution is 9.10. The van der Waals surface area contributed by atoms with Crippen LogP contribution in [0.25, 0.3) is 6.08 Å². The van der Waals surface area contributed by atoms with Gasteiger partial charge in [0.15, 0.2) is 0 Å². The minimum atomic E-state index is -0.576. The summed E-state index contributed by atoms with van der Waals surface area (Å²) in [6.45, 7) is 0. The number of hydrazone groups is 1. The van der Waals surface area contributed by atoms with Crippen LogP contribution in [0.4, 0.5) is 10.5 Å². The van der Waals surface area contributed by atoms with Crippen LogP contribution in [-0.4, -0.2) is 27.1 Å². The number of aromatic hydroxyl groups is 3. The SMILES string of the molecule is O=C(N/N=C(\C=C\c1ccc(O)cc1)c1cc(O)ccc1O)Nc1ccc(Br)cc1. The number of anilines is 1. The molecular weight excluding hydrogens is 450 g/mol. The van der Waals surface area contributed by atoms with E-state index in [0.29, 0.717) is 5.69 Å². The number of hydrogen-bond donors (Lipinski definition) is 5. The molecule has 0 fully saturated rings. The number of phenolic OH excluding ortho intramolecular Hbond substituents is 3. The Morgan fingerprint density at radius 3 is 2.27 bits per heavy atom. The highest BCUT2D eigenvalue weighted by Gasteiger charge is 2.09. The fourth-order valence-electron chi connectivity index (χ4n) is 2.48. The average Bonchev–Trinajstić information content (AvgIpc) is 2.73. The van der Waals surface area contributed by atoms with Gasteiger partial charge in [-0.1, -0.05) is 34.1 Å². The fraction of sp³-hybridized carbons (Fsp3) is 0. The van der Waals surface area contributed by atoms with Gasteiger partial charge in [-0.3, -0.25) is 0 Å². The van der Waals surface area contributed by atoms with Crippen LogP contribution in [0.2, 0.25) is 0 Å². The number of rotatable bonds is 5. The monoisotopic (exact) mass is 467 g/mol. The minimum Gasteiger partial charge on any atom is -0.508 e. The third-order valence-electron chi connectivity index (χ3n) is 3.96. The molecule has 3 aromatic rings. The van der Waals surface area contributed by atoms with Gasteiger partial charge in [-0.25, -0.2) is 10.2 Å². The van der Waals surface area contributed by atoms with Crippen molar-refractivity contribution in [1.29, 1.82) is 0 Å². The number of carbonyl (C=O) groups excluding carboxylic acids is 1. The van der Waals surface area contributed by atoms with Gasteiger partial charge in [0.05, 0.1) is 5.71 Å². The van der Waals surface area contributed by atoms with Gasteiger partial charge >= 0.3 is 6.03 Å². The van der Waals surface area contributed by atoms with Crippen molar-refractivity contribution in [2.24, 2.45) is 5.10 Å². The number of urea groups is 1. The summed E-state index contributed by atoms with van der Waals surface area (Å²) >= 11 is 3.32. The van der Waals surface area contributed by atoms with E-state index in [9.17, 15) is 20.1 Å². The number of nitrogens with zero attached hydrogens (tertiary/aromatic N) is 1. The molecule has 0 saturated carbocycles. The quantitative estimate of drug-likeness (QED) is 0.210. The zero-order valence-electron chi connectivity index (χ0n) is 15.6. The molecule has 3 rings (SSSR count). The van der Waals surface area contributed by atoms with E-state index in [2.05, 4.69) is 31.8 Å². The van der Waals surface area contributed by atoms with E-state index in [1.807, 2.05) is 0 Å². The van der Waals surface area contributed by atoms with Crippen LogP contribution >= 0.6 is 15.9 Å². The first kappa shape index (κ1) is 20.9. The largest absolute Gasteiger partial charge is 0.508 e. The second kappa shape index (κ2) is 9.62. The maximum Gasteiger partial charge on any atom is 0.339 e. The van der Waals surface area contributed by atoms with Crippen molar-refractivity contribution in [3.05, 3.63) is 88.4 Å². The standard InChI is InChI=1S/C22H18BrN3O4/c23-15-4-6-16(7-5-15)24-22(30)26-25-20(19-13-18(28)10-12-21(19)29)11-3-14-1-8-17(27)9-2-14/h1-13,27-29H,(H2,24,26,30)/b11-3+,25-20+. The Hall–Kier alpha value is -3.78. The Morgan fingerprint density at radius 2 is 1.57 bits per heavy atom. The molecule has 0 aliphatic heterocycles. The van der Waals surface area contributed by atoms with Crippen LogP contribution in [-0.2, 0) is 0 Å². The summed E-state index contributed by atoms with van der Waals surface area (Å²) < 4.78 is 0.882. The number of hydrogen-bond acceptors (Lipinski definition) is 5. The van der Waals surface area contributed by atoms with Crippen LogP contribution in [0.15, 0.2) is 82.4 Å². The van der Waals surface area contributed by atoms with E-state index in [-0.39, 0.29) is 28.5 Å². The molecule has 0 atom stereocenters. The summed E-state index contributed by atoms with van der Waals surface area (Å²) in [7, 11) is 0. The molecule has 152 valence electrons. The van der Waals surface area contributed by atoms with Crippen molar-refractivity contribution < 1.29 is 20.1 Å². The number of amides is 2. The summed E-state index contributed by atoms with van der Waals surface area (Å²) in [5.41, 5.74) is 4.16. The lowest BCUT2D eigenvalue weighted by Crippen LogP contribution is -2.25. The smallest absolute Gasteiger partial charge is 0.339 e. The number of carbonyl (C=O) groups is 1. The predicted octanol–water partition coefficient (Wildman–Crippen LogP) is 4.81. The molecule has 0 heterocycles. The van der Waals surface area contributed by atoms with Crippen molar-refractivity contribution in [1.82, 2.24) is 5.43 Å². The van der Waals surface area contributed by atoms with E-state index >= 15 is 0 Å². The van der Waals surface area contributed by atoms with Crippen molar-refractivity contribution in [2.75, 3.05) is 5.32 Å². The first-order valence-corrected chi connectivity index (χ1v) is 9.60. The normalized spacial score (nSPS) is 11.4. The van der Waals surface area contributed by atoms with E-state index in [1.54, 1.807) is 48.6 Å². The first-order chi connectivity index (χ1) is 14.4. The van der Waals surface area contributed by atoms with Crippen molar-refractivity contribution in [2.45, 2.75) is 0 Å². The molecule has 30 heavy (non-hydrogen) atoms. The molecular formula is C22H18BrN3O4. The number of allylic oxidation sites excluding steroid dienone is 1. The van der Waals surface area contributed by atoms with Gasteiger partial charge in [0.2, 0.25) is 0 Å². The van der Waals surface area contributed by atoms with Crippen LogP contribution in [0.1, 0.15) is 11.1 Å². The predicted molar refractivity (Wildman–Crippen MR) is 120 cm³/mol. The zero-order chi connectivity index (χ0) is 21.5. The van der Waals surface area contributed by atoms with Crippen LogP contribution in [0.5, 0.6) is 17.2 Å². The van der Waals surface area contributed by atoms with Crippen molar-refractivity contribution >= 4 is 39.4 Å². The molecule has 0 bridgehead atoms.